The van der Waals surface area contributed by atoms with Crippen molar-refractivity contribution in [1.29, 1.82) is 0 Å². The summed E-state index contributed by atoms with van der Waals surface area (Å²) >= 11 is 0. The molecule has 0 saturated carbocycles. The number of aliphatic imine (C=N–C) groups is 1. The number of rotatable bonds is 6. The van der Waals surface area contributed by atoms with E-state index in [-0.39, 0.29) is 37.3 Å². The highest BCUT2D eigenvalue weighted by Gasteiger charge is 2.30. The number of phenols is 1. The molecule has 0 bridgehead atoms. The van der Waals surface area contributed by atoms with Gasteiger partial charge in [0.1, 0.15) is 23.5 Å². The number of carbonyl (C=O) groups is 7. The number of aromatic hydroxyl groups is 1. The van der Waals surface area contributed by atoms with Gasteiger partial charge in [-0.2, -0.15) is 0 Å². The molecule has 0 aliphatic carbocycles. The van der Waals surface area contributed by atoms with Crippen molar-refractivity contribution in [1.82, 2.24) is 26.6 Å². The number of nitrogens with two attached hydrogens (primary N) is 1. The molecule has 0 saturated heterocycles. The van der Waals surface area contributed by atoms with Gasteiger partial charge in [-0.05, 0) is 30.5 Å². The van der Waals surface area contributed by atoms with E-state index in [0.717, 1.165) is 0 Å². The lowest BCUT2D eigenvalue weighted by atomic mass is 10.0. The molecule has 0 spiro atoms. The maximum absolute atomic E-state index is 13.3. The van der Waals surface area contributed by atoms with Crippen molar-refractivity contribution in [3.05, 3.63) is 29.8 Å². The summed E-state index contributed by atoms with van der Waals surface area (Å²) in [6.45, 7) is 2.76. The predicted molar refractivity (Wildman–Crippen MR) is 151 cm³/mol. The van der Waals surface area contributed by atoms with Gasteiger partial charge in [-0.1, -0.05) is 26.0 Å². The van der Waals surface area contributed by atoms with Crippen LogP contribution in [0.15, 0.2) is 29.3 Å². The fourth-order valence-corrected chi connectivity index (χ4v) is 3.86. The molecular weight excluding hydrogens is 566 g/mol. The monoisotopic (exact) mass is 603 g/mol. The number of amides is 7. The van der Waals surface area contributed by atoms with Gasteiger partial charge in [0.15, 0.2) is 0 Å². The molecule has 0 fully saturated rings. The van der Waals surface area contributed by atoms with E-state index in [0.29, 0.717) is 12.0 Å². The summed E-state index contributed by atoms with van der Waals surface area (Å²) in [5, 5.41) is 31.4. The molecule has 16 nitrogen and oxygen atoms in total. The fourth-order valence-electron chi connectivity index (χ4n) is 3.86. The van der Waals surface area contributed by atoms with Gasteiger partial charge in [0.2, 0.25) is 29.9 Å². The summed E-state index contributed by atoms with van der Waals surface area (Å²) in [7, 11) is 0. The van der Waals surface area contributed by atoms with Gasteiger partial charge in [0.25, 0.3) is 17.7 Å². The quantitative estimate of drug-likeness (QED) is 0.167. The zero-order valence-electron chi connectivity index (χ0n) is 23.8. The van der Waals surface area contributed by atoms with Crippen molar-refractivity contribution in [3.8, 4) is 5.75 Å². The molecule has 1 aromatic carbocycles. The number of carbonyl (C=O) groups excluding carboxylic acids is 7. The first-order valence-corrected chi connectivity index (χ1v) is 13.6. The van der Waals surface area contributed by atoms with Crippen LogP contribution >= 0.6 is 0 Å². The molecule has 1 aliphatic rings. The van der Waals surface area contributed by atoms with Crippen LogP contribution in [0.3, 0.4) is 0 Å². The van der Waals surface area contributed by atoms with Crippen molar-refractivity contribution in [2.24, 2.45) is 16.6 Å². The molecule has 1 heterocycles. The number of benzene rings is 1. The van der Waals surface area contributed by atoms with Crippen LogP contribution in [0.1, 0.15) is 45.1 Å². The second-order valence-corrected chi connectivity index (χ2v) is 9.91. The largest absolute Gasteiger partial charge is 0.508 e. The average molecular weight is 604 g/mol. The van der Waals surface area contributed by atoms with E-state index in [4.69, 9.17) is 5.73 Å². The molecule has 4 atom stereocenters. The van der Waals surface area contributed by atoms with Crippen LogP contribution in [-0.2, 0) is 40.0 Å². The van der Waals surface area contributed by atoms with Gasteiger partial charge < -0.3 is 42.5 Å². The van der Waals surface area contributed by atoms with E-state index in [1.54, 1.807) is 13.8 Å². The molecule has 7 amide bonds. The Balaban J connectivity index is 2.43. The van der Waals surface area contributed by atoms with Gasteiger partial charge in [-0.3, -0.25) is 33.6 Å². The first kappa shape index (κ1) is 34.3. The van der Waals surface area contributed by atoms with Crippen LogP contribution in [0.25, 0.3) is 0 Å². The third kappa shape index (κ3) is 11.5. The van der Waals surface area contributed by atoms with Crippen molar-refractivity contribution in [2.45, 2.75) is 64.3 Å². The number of aliphatic hydroxyl groups excluding tert-OH is 1. The van der Waals surface area contributed by atoms with E-state index in [9.17, 15) is 43.8 Å². The van der Waals surface area contributed by atoms with Crippen LogP contribution in [0.2, 0.25) is 0 Å². The molecule has 0 radical (unpaired) electrons. The second-order valence-electron chi connectivity index (χ2n) is 9.91. The van der Waals surface area contributed by atoms with E-state index in [1.807, 2.05) is 5.32 Å². The Hall–Kier alpha value is -4.86. The van der Waals surface area contributed by atoms with E-state index in [1.165, 1.54) is 24.3 Å². The van der Waals surface area contributed by atoms with Crippen LogP contribution in [0.5, 0.6) is 5.75 Å². The molecule has 43 heavy (non-hydrogen) atoms. The Kier molecular flexibility index (Phi) is 13.2. The lowest BCUT2D eigenvalue weighted by molar-refractivity contribution is -0.138. The van der Waals surface area contributed by atoms with Gasteiger partial charge >= 0.3 is 0 Å². The minimum absolute atomic E-state index is 0.0186. The number of nitrogens with zero attached hydrogens (tertiary/aromatic N) is 1. The van der Waals surface area contributed by atoms with E-state index >= 15 is 0 Å². The van der Waals surface area contributed by atoms with Gasteiger partial charge in [0.05, 0.1) is 13.0 Å². The predicted octanol–water partition coefficient (Wildman–Crippen LogP) is -2.75. The summed E-state index contributed by atoms with van der Waals surface area (Å²) in [6.07, 6.45) is -2.55. The molecule has 1 aromatic rings. The number of nitrogens with one attached hydrogen (secondary N) is 5. The molecule has 9 N–H and O–H groups in total. The number of hydrogen-bond acceptors (Lipinski definition) is 9. The Morgan fingerprint density at radius 1 is 0.977 bits per heavy atom. The number of primary amides is 1. The van der Waals surface area contributed by atoms with Gasteiger partial charge in [0, 0.05) is 25.3 Å². The summed E-state index contributed by atoms with van der Waals surface area (Å²) in [4.78, 5) is 91.8. The van der Waals surface area contributed by atoms with Gasteiger partial charge in [-0.25, -0.2) is 4.99 Å². The van der Waals surface area contributed by atoms with Gasteiger partial charge in [-0.15, -0.1) is 0 Å². The number of hydrogen-bond donors (Lipinski definition) is 8. The minimum Gasteiger partial charge on any atom is -0.508 e. The third-order valence-electron chi connectivity index (χ3n) is 6.43. The maximum Gasteiger partial charge on any atom is 0.270 e. The Morgan fingerprint density at radius 3 is 2.28 bits per heavy atom. The van der Waals surface area contributed by atoms with Crippen LogP contribution in [0.4, 0.5) is 0 Å². The van der Waals surface area contributed by atoms with Crippen molar-refractivity contribution < 1.29 is 43.8 Å². The van der Waals surface area contributed by atoms with E-state index in [2.05, 4.69) is 26.3 Å². The minimum atomic E-state index is -2.21. The highest BCUT2D eigenvalue weighted by Crippen LogP contribution is 2.13. The summed E-state index contributed by atoms with van der Waals surface area (Å²) in [6, 6.07) is 3.04. The Bertz CT molecular complexity index is 1250. The molecular formula is C27H37N7O9. The van der Waals surface area contributed by atoms with Crippen LogP contribution in [-0.4, -0.2) is 88.7 Å². The first-order valence-electron chi connectivity index (χ1n) is 13.6. The van der Waals surface area contributed by atoms with Crippen molar-refractivity contribution >= 4 is 47.1 Å². The summed E-state index contributed by atoms with van der Waals surface area (Å²) in [5.41, 5.74) is 5.37. The SMILES string of the molecule is CCC(C)/C1=N\C(=O)[C@H](Cc2ccc(O)cc2)NC(=O)CNC(=O)CCCNC(=O)[C@H](CC(N)=O)NC(=O)[C@H](O)NC1=O. The number of phenolic OH excluding ortho intramolecular Hbond substituents is 1. The number of aliphatic hydroxyl groups is 1. The maximum atomic E-state index is 13.3. The Labute approximate surface area is 247 Å². The van der Waals surface area contributed by atoms with Crippen LogP contribution in [0, 0.1) is 5.92 Å². The van der Waals surface area contributed by atoms with E-state index < -0.39 is 78.5 Å². The second kappa shape index (κ2) is 16.5. The summed E-state index contributed by atoms with van der Waals surface area (Å²) < 4.78 is 0. The summed E-state index contributed by atoms with van der Waals surface area (Å²) in [5.74, 6) is -6.91. The highest BCUT2D eigenvalue weighted by atomic mass is 16.3. The topological polar surface area (TPSA) is 258 Å². The molecule has 2 rings (SSSR count). The molecule has 0 aromatic heterocycles. The third-order valence-corrected chi connectivity index (χ3v) is 6.43. The first-order chi connectivity index (χ1) is 20.3. The zero-order valence-corrected chi connectivity index (χ0v) is 23.8. The van der Waals surface area contributed by atoms with Crippen molar-refractivity contribution in [3.63, 3.8) is 0 Å². The Morgan fingerprint density at radius 2 is 1.65 bits per heavy atom. The fraction of sp³-hybridized carbons (Fsp3) is 0.481. The smallest absolute Gasteiger partial charge is 0.270 e. The molecule has 1 aliphatic heterocycles. The highest BCUT2D eigenvalue weighted by molar-refractivity contribution is 6.41. The normalized spacial score (nSPS) is 23.8. The van der Waals surface area contributed by atoms with Crippen LogP contribution < -0.4 is 32.3 Å². The average Bonchev–Trinajstić information content (AvgIpc) is 2.95. The molecule has 1 unspecified atom stereocenters. The zero-order chi connectivity index (χ0) is 32.1. The lowest BCUT2D eigenvalue weighted by Crippen LogP contribution is -2.55. The molecule has 234 valence electrons. The van der Waals surface area contributed by atoms with Crippen molar-refractivity contribution in [2.75, 3.05) is 13.1 Å². The standard InChI is InChI=1S/C27H37N7O9/c1-3-14(2)22-25(41)34-27(43)26(42)32-18(12-19(28)36)23(39)29-10-4-5-20(37)30-13-21(38)31-17(24(40)33-22)11-15-6-8-16(35)9-7-15/h6-9,14,17-18,27,35,43H,3-5,10-13H2,1-2H3,(H2,28,36)(H,29,39)(H,30,37)(H,31,38)(H,32,42)(H,34,41)/b33-22+/t14?,17-,18-,27-/m0/s1. The molecule has 16 heteroatoms. The lowest BCUT2D eigenvalue weighted by Gasteiger charge is -2.21.